The standard InChI is InChI=1S/C7H12N2O2/c1-4(2)6-3-5(7(8)10)9-11-6/h3-5,9H,1-2H3,(H2,8,10). The van der Waals surface area contributed by atoms with Crippen LogP contribution in [0, 0.1) is 5.92 Å². The second kappa shape index (κ2) is 2.92. The quantitative estimate of drug-likeness (QED) is 0.587. The van der Waals surface area contributed by atoms with Crippen LogP contribution in [0.25, 0.3) is 0 Å². The average Bonchev–Trinajstić information content (AvgIpc) is 2.33. The fourth-order valence-corrected chi connectivity index (χ4v) is 0.814. The summed E-state index contributed by atoms with van der Waals surface area (Å²) in [6.07, 6.45) is 1.70. The number of hydrogen-bond acceptors (Lipinski definition) is 3. The normalized spacial score (nSPS) is 23.2. The average molecular weight is 156 g/mol. The van der Waals surface area contributed by atoms with E-state index < -0.39 is 11.9 Å². The van der Waals surface area contributed by atoms with Gasteiger partial charge in [-0.25, -0.2) is 0 Å². The first-order valence-corrected chi connectivity index (χ1v) is 3.54. The highest BCUT2D eigenvalue weighted by atomic mass is 16.7. The van der Waals surface area contributed by atoms with E-state index in [1.54, 1.807) is 6.08 Å². The van der Waals surface area contributed by atoms with E-state index in [-0.39, 0.29) is 5.92 Å². The summed E-state index contributed by atoms with van der Waals surface area (Å²) < 4.78 is 0. The number of carbonyl (C=O) groups is 1. The van der Waals surface area contributed by atoms with Gasteiger partial charge in [-0.05, 0) is 6.08 Å². The third kappa shape index (κ3) is 1.71. The third-order valence-corrected chi connectivity index (χ3v) is 1.51. The molecule has 0 aromatic heterocycles. The van der Waals surface area contributed by atoms with E-state index in [9.17, 15) is 4.79 Å². The molecule has 0 fully saturated rings. The zero-order chi connectivity index (χ0) is 8.43. The summed E-state index contributed by atoms with van der Waals surface area (Å²) >= 11 is 0. The van der Waals surface area contributed by atoms with Crippen molar-refractivity contribution >= 4 is 5.91 Å². The maximum absolute atomic E-state index is 10.6. The van der Waals surface area contributed by atoms with Crippen molar-refractivity contribution in [3.05, 3.63) is 11.8 Å². The molecule has 1 aliphatic rings. The molecule has 1 rings (SSSR count). The molecule has 62 valence electrons. The molecule has 0 aromatic rings. The molecule has 0 saturated carbocycles. The number of hydroxylamine groups is 1. The summed E-state index contributed by atoms with van der Waals surface area (Å²) in [5, 5.41) is 0. The molecule has 0 aromatic carbocycles. The summed E-state index contributed by atoms with van der Waals surface area (Å²) in [5.41, 5.74) is 7.55. The van der Waals surface area contributed by atoms with Gasteiger partial charge in [-0.2, -0.15) is 0 Å². The van der Waals surface area contributed by atoms with Crippen molar-refractivity contribution < 1.29 is 9.63 Å². The molecule has 1 aliphatic heterocycles. The fraction of sp³-hybridized carbons (Fsp3) is 0.571. The first kappa shape index (κ1) is 8.07. The largest absolute Gasteiger partial charge is 0.412 e. The highest BCUT2D eigenvalue weighted by Gasteiger charge is 2.22. The Balaban J connectivity index is 2.61. The Hall–Kier alpha value is -1.03. The van der Waals surface area contributed by atoms with E-state index in [2.05, 4.69) is 5.48 Å². The van der Waals surface area contributed by atoms with Gasteiger partial charge < -0.3 is 10.6 Å². The highest BCUT2D eigenvalue weighted by Crippen LogP contribution is 2.15. The van der Waals surface area contributed by atoms with Crippen LogP contribution in [0.4, 0.5) is 0 Å². The summed E-state index contributed by atoms with van der Waals surface area (Å²) in [7, 11) is 0. The van der Waals surface area contributed by atoms with Gasteiger partial charge in [0.05, 0.1) is 0 Å². The van der Waals surface area contributed by atoms with Gasteiger partial charge in [-0.3, -0.25) is 4.79 Å². The number of rotatable bonds is 2. The highest BCUT2D eigenvalue weighted by molar-refractivity contribution is 5.82. The molecule has 0 spiro atoms. The van der Waals surface area contributed by atoms with Crippen LogP contribution in [0.2, 0.25) is 0 Å². The predicted molar refractivity (Wildman–Crippen MR) is 40.1 cm³/mol. The van der Waals surface area contributed by atoms with Gasteiger partial charge in [-0.15, -0.1) is 5.48 Å². The molecule has 1 heterocycles. The minimum Gasteiger partial charge on any atom is -0.412 e. The van der Waals surface area contributed by atoms with Gasteiger partial charge in [0, 0.05) is 5.92 Å². The number of nitrogens with one attached hydrogen (secondary N) is 1. The van der Waals surface area contributed by atoms with Gasteiger partial charge in [0.15, 0.2) is 0 Å². The molecule has 1 atom stereocenters. The number of nitrogens with two attached hydrogens (primary N) is 1. The van der Waals surface area contributed by atoms with E-state index in [0.29, 0.717) is 0 Å². The van der Waals surface area contributed by atoms with Gasteiger partial charge >= 0.3 is 0 Å². The Morgan fingerprint density at radius 2 is 2.45 bits per heavy atom. The lowest BCUT2D eigenvalue weighted by molar-refractivity contribution is -0.120. The Morgan fingerprint density at radius 3 is 2.73 bits per heavy atom. The second-order valence-corrected chi connectivity index (χ2v) is 2.82. The van der Waals surface area contributed by atoms with E-state index in [0.717, 1.165) is 5.76 Å². The molecule has 4 heteroatoms. The van der Waals surface area contributed by atoms with Crippen molar-refractivity contribution in [2.45, 2.75) is 19.9 Å². The first-order chi connectivity index (χ1) is 5.11. The minimum atomic E-state index is -0.465. The van der Waals surface area contributed by atoms with Crippen molar-refractivity contribution in [1.29, 1.82) is 0 Å². The molecule has 3 N–H and O–H groups in total. The monoisotopic (exact) mass is 156 g/mol. The van der Waals surface area contributed by atoms with Crippen molar-refractivity contribution in [3.8, 4) is 0 Å². The lowest BCUT2D eigenvalue weighted by atomic mass is 10.1. The van der Waals surface area contributed by atoms with Gasteiger partial charge in [0.25, 0.3) is 0 Å². The number of allylic oxidation sites excluding steroid dienone is 1. The first-order valence-electron chi connectivity index (χ1n) is 3.54. The summed E-state index contributed by atoms with van der Waals surface area (Å²) in [4.78, 5) is 15.6. The van der Waals surface area contributed by atoms with Gasteiger partial charge in [0.2, 0.25) is 5.91 Å². The number of amides is 1. The Labute approximate surface area is 65.4 Å². The SMILES string of the molecule is CC(C)C1=CC(C(N)=O)NO1. The smallest absolute Gasteiger partial charge is 0.242 e. The van der Waals surface area contributed by atoms with Crippen molar-refractivity contribution in [3.63, 3.8) is 0 Å². The second-order valence-electron chi connectivity index (χ2n) is 2.82. The van der Waals surface area contributed by atoms with Crippen molar-refractivity contribution in [2.75, 3.05) is 0 Å². The molecule has 0 saturated heterocycles. The molecule has 4 nitrogen and oxygen atoms in total. The van der Waals surface area contributed by atoms with Crippen LogP contribution in [0.3, 0.4) is 0 Å². The lowest BCUT2D eigenvalue weighted by Gasteiger charge is -2.04. The lowest BCUT2D eigenvalue weighted by Crippen LogP contribution is -2.35. The van der Waals surface area contributed by atoms with Crippen molar-refractivity contribution in [1.82, 2.24) is 5.48 Å². The fourth-order valence-electron chi connectivity index (χ4n) is 0.814. The maximum atomic E-state index is 10.6. The van der Waals surface area contributed by atoms with Crippen LogP contribution >= 0.6 is 0 Å². The summed E-state index contributed by atoms with van der Waals surface area (Å²) in [6, 6.07) is -0.465. The molecule has 11 heavy (non-hydrogen) atoms. The number of hydrogen-bond donors (Lipinski definition) is 2. The minimum absolute atomic E-state index is 0.284. The Morgan fingerprint density at radius 1 is 1.82 bits per heavy atom. The third-order valence-electron chi connectivity index (χ3n) is 1.51. The molecule has 0 aliphatic carbocycles. The molecular weight excluding hydrogens is 144 g/mol. The molecule has 0 bridgehead atoms. The zero-order valence-electron chi connectivity index (χ0n) is 6.63. The topological polar surface area (TPSA) is 64.4 Å². The predicted octanol–water partition coefficient (Wildman–Crippen LogP) is -0.0850. The maximum Gasteiger partial charge on any atom is 0.242 e. The van der Waals surface area contributed by atoms with E-state index in [4.69, 9.17) is 10.6 Å². The van der Waals surface area contributed by atoms with E-state index >= 15 is 0 Å². The molecular formula is C7H12N2O2. The summed E-state index contributed by atoms with van der Waals surface area (Å²) in [6.45, 7) is 3.97. The van der Waals surface area contributed by atoms with Gasteiger partial charge in [0.1, 0.15) is 11.8 Å². The van der Waals surface area contributed by atoms with Gasteiger partial charge in [-0.1, -0.05) is 13.8 Å². The van der Waals surface area contributed by atoms with Crippen molar-refractivity contribution in [2.24, 2.45) is 11.7 Å². The van der Waals surface area contributed by atoms with Crippen LogP contribution in [0.5, 0.6) is 0 Å². The van der Waals surface area contributed by atoms with E-state index in [1.165, 1.54) is 0 Å². The number of primary amides is 1. The molecule has 1 amide bonds. The van der Waals surface area contributed by atoms with Crippen LogP contribution in [-0.4, -0.2) is 11.9 Å². The van der Waals surface area contributed by atoms with Crippen LogP contribution in [0.1, 0.15) is 13.8 Å². The number of carbonyl (C=O) groups excluding carboxylic acids is 1. The Kier molecular flexibility index (Phi) is 2.14. The zero-order valence-corrected chi connectivity index (χ0v) is 6.63. The molecule has 1 unspecified atom stereocenters. The molecule has 0 radical (unpaired) electrons. The summed E-state index contributed by atoms with van der Waals surface area (Å²) in [5.74, 6) is 0.640. The van der Waals surface area contributed by atoms with Crippen LogP contribution < -0.4 is 11.2 Å². The van der Waals surface area contributed by atoms with E-state index in [1.807, 2.05) is 13.8 Å². The Bertz CT molecular complexity index is 199. The van der Waals surface area contributed by atoms with Crippen LogP contribution in [-0.2, 0) is 9.63 Å². The van der Waals surface area contributed by atoms with Crippen LogP contribution in [0.15, 0.2) is 11.8 Å².